The Morgan fingerprint density at radius 2 is 2.09 bits per heavy atom. The maximum atomic E-state index is 12.3. The lowest BCUT2D eigenvalue weighted by Gasteiger charge is -2.41. The number of hydrogen-bond donors (Lipinski definition) is 1. The molecule has 6 atom stereocenters. The number of fused-ring (bicyclic) bond motifs is 3. The summed E-state index contributed by atoms with van der Waals surface area (Å²) in [4.78, 5) is 13.6. The summed E-state index contributed by atoms with van der Waals surface area (Å²) in [7, 11) is -0.136. The van der Waals surface area contributed by atoms with Gasteiger partial charge in [0, 0.05) is 35.6 Å². The molecule has 1 aromatic carbocycles. The fourth-order valence-electron chi connectivity index (χ4n) is 5.71. The molecule has 1 saturated carbocycles. The SMILES string of the molecule is C=S1CC2C(C(O)OCC)=NN(C3CCCC(CCC(=O)OC(C)(C)C)C3)C2c2ccccc21. The van der Waals surface area contributed by atoms with Crippen molar-refractivity contribution < 1.29 is 19.4 Å². The largest absolute Gasteiger partial charge is 0.460 e. The van der Waals surface area contributed by atoms with Gasteiger partial charge in [0.25, 0.3) is 0 Å². The van der Waals surface area contributed by atoms with E-state index in [1.54, 1.807) is 0 Å². The minimum atomic E-state index is -0.976. The molecule has 1 aromatic rings. The summed E-state index contributed by atoms with van der Waals surface area (Å²) in [6.07, 6.45) is 4.68. The van der Waals surface area contributed by atoms with E-state index in [1.165, 1.54) is 10.5 Å². The summed E-state index contributed by atoms with van der Waals surface area (Å²) in [6.45, 7) is 8.08. The van der Waals surface area contributed by atoms with Crippen LogP contribution >= 0.6 is 10.5 Å². The molecule has 0 amide bonds. The van der Waals surface area contributed by atoms with Gasteiger partial charge in [0.15, 0.2) is 6.29 Å². The summed E-state index contributed by atoms with van der Waals surface area (Å²) in [6, 6.07) is 8.99. The van der Waals surface area contributed by atoms with Crippen molar-refractivity contribution in [3.63, 3.8) is 0 Å². The van der Waals surface area contributed by atoms with Crippen LogP contribution in [0, 0.1) is 11.8 Å². The van der Waals surface area contributed by atoms with Gasteiger partial charge in [-0.05, 0) is 64.5 Å². The van der Waals surface area contributed by atoms with Crippen LogP contribution < -0.4 is 0 Å². The fraction of sp³-hybridized carbons (Fsp3) is 0.667. The van der Waals surface area contributed by atoms with Crippen molar-refractivity contribution >= 4 is 28.0 Å². The molecule has 0 saturated heterocycles. The highest BCUT2D eigenvalue weighted by atomic mass is 32.2. The number of hydrazone groups is 1. The first kappa shape index (κ1) is 25.4. The molecular weight excluding hydrogens is 448 g/mol. The van der Waals surface area contributed by atoms with Crippen LogP contribution in [0.3, 0.4) is 0 Å². The van der Waals surface area contributed by atoms with Gasteiger partial charge in [0.05, 0.1) is 11.8 Å². The Bertz CT molecular complexity index is 941. The molecule has 1 fully saturated rings. The number of carbonyl (C=O) groups excluding carboxylic acids is 1. The first-order valence-corrected chi connectivity index (χ1v) is 14.2. The topological polar surface area (TPSA) is 71.4 Å². The number of nitrogens with zero attached hydrogens (tertiary/aromatic N) is 2. The second-order valence-corrected chi connectivity index (χ2v) is 12.5. The van der Waals surface area contributed by atoms with Crippen molar-refractivity contribution in [2.45, 2.75) is 95.1 Å². The van der Waals surface area contributed by atoms with Crippen molar-refractivity contribution in [2.24, 2.45) is 16.9 Å². The van der Waals surface area contributed by atoms with E-state index in [2.05, 4.69) is 35.1 Å². The molecular formula is C27H40N2O4S. The van der Waals surface area contributed by atoms with Crippen molar-refractivity contribution in [3.8, 4) is 0 Å². The van der Waals surface area contributed by atoms with Gasteiger partial charge in [-0.15, -0.1) is 0 Å². The lowest BCUT2D eigenvalue weighted by Crippen LogP contribution is -2.40. The van der Waals surface area contributed by atoms with Crippen LogP contribution in [0.25, 0.3) is 0 Å². The number of aliphatic hydroxyl groups is 1. The van der Waals surface area contributed by atoms with E-state index >= 15 is 0 Å². The summed E-state index contributed by atoms with van der Waals surface area (Å²) in [5, 5.41) is 18.1. The maximum absolute atomic E-state index is 12.3. The maximum Gasteiger partial charge on any atom is 0.306 e. The number of rotatable bonds is 7. The highest BCUT2D eigenvalue weighted by Crippen LogP contribution is 2.51. The Morgan fingerprint density at radius 1 is 1.32 bits per heavy atom. The van der Waals surface area contributed by atoms with Crippen molar-refractivity contribution in [1.82, 2.24) is 5.01 Å². The number of aliphatic hydroxyl groups excluding tert-OH is 1. The Hall–Kier alpha value is -1.70. The van der Waals surface area contributed by atoms with Crippen molar-refractivity contribution in [2.75, 3.05) is 12.4 Å². The molecule has 1 aliphatic carbocycles. The lowest BCUT2D eigenvalue weighted by atomic mass is 9.81. The average Bonchev–Trinajstić information content (AvgIpc) is 3.17. The van der Waals surface area contributed by atoms with Crippen molar-refractivity contribution in [3.05, 3.63) is 29.8 Å². The predicted molar refractivity (Wildman–Crippen MR) is 138 cm³/mol. The summed E-state index contributed by atoms with van der Waals surface area (Å²) >= 11 is 0. The van der Waals surface area contributed by atoms with Gasteiger partial charge in [-0.3, -0.25) is 9.80 Å². The minimum absolute atomic E-state index is 0.111. The normalized spacial score (nSPS) is 29.7. The quantitative estimate of drug-likeness (QED) is 0.327. The monoisotopic (exact) mass is 488 g/mol. The van der Waals surface area contributed by atoms with Crippen LogP contribution in [0.2, 0.25) is 0 Å². The summed E-state index contributed by atoms with van der Waals surface area (Å²) in [5.74, 6) is 5.80. The Morgan fingerprint density at radius 3 is 2.82 bits per heavy atom. The zero-order valence-electron chi connectivity index (χ0n) is 21.0. The number of hydrogen-bond acceptors (Lipinski definition) is 6. The third-order valence-electron chi connectivity index (χ3n) is 7.09. The molecule has 3 aliphatic rings. The fourth-order valence-corrected chi connectivity index (χ4v) is 7.47. The van der Waals surface area contributed by atoms with Crippen LogP contribution in [0.1, 0.15) is 77.8 Å². The molecule has 0 bridgehead atoms. The van der Waals surface area contributed by atoms with Crippen LogP contribution in [-0.2, 0) is 14.3 Å². The van der Waals surface area contributed by atoms with E-state index in [0.29, 0.717) is 18.9 Å². The third kappa shape index (κ3) is 5.58. The summed E-state index contributed by atoms with van der Waals surface area (Å²) < 4.78 is 11.1. The number of ether oxygens (including phenoxy) is 2. The molecule has 6 unspecified atom stereocenters. The van der Waals surface area contributed by atoms with E-state index in [-0.39, 0.29) is 34.5 Å². The van der Waals surface area contributed by atoms with Gasteiger partial charge in [0.1, 0.15) is 5.60 Å². The van der Waals surface area contributed by atoms with E-state index in [4.69, 9.17) is 14.6 Å². The summed E-state index contributed by atoms with van der Waals surface area (Å²) in [5.41, 5.74) is 1.60. The van der Waals surface area contributed by atoms with Gasteiger partial charge < -0.3 is 14.6 Å². The zero-order chi connectivity index (χ0) is 24.5. The van der Waals surface area contributed by atoms with Crippen LogP contribution in [-0.4, -0.2) is 58.0 Å². The van der Waals surface area contributed by atoms with Crippen LogP contribution in [0.5, 0.6) is 0 Å². The molecule has 0 spiro atoms. The smallest absolute Gasteiger partial charge is 0.306 e. The van der Waals surface area contributed by atoms with E-state index < -0.39 is 11.9 Å². The van der Waals surface area contributed by atoms with E-state index in [0.717, 1.165) is 43.6 Å². The first-order chi connectivity index (χ1) is 16.2. The molecule has 2 heterocycles. The third-order valence-corrected chi connectivity index (χ3v) is 8.85. The highest BCUT2D eigenvalue weighted by Gasteiger charge is 2.47. The molecule has 2 aliphatic heterocycles. The molecule has 1 N–H and O–H groups in total. The first-order valence-electron chi connectivity index (χ1n) is 12.7. The van der Waals surface area contributed by atoms with Gasteiger partial charge in [-0.2, -0.15) is 15.6 Å². The average molecular weight is 489 g/mol. The second kappa shape index (κ2) is 10.5. The van der Waals surface area contributed by atoms with Gasteiger partial charge in [0.2, 0.25) is 0 Å². The van der Waals surface area contributed by atoms with Gasteiger partial charge in [-0.25, -0.2) is 0 Å². The van der Waals surface area contributed by atoms with Crippen molar-refractivity contribution in [1.29, 1.82) is 0 Å². The Kier molecular flexibility index (Phi) is 7.85. The molecule has 0 aromatic heterocycles. The molecule has 4 rings (SSSR count). The minimum Gasteiger partial charge on any atom is -0.460 e. The Balaban J connectivity index is 1.53. The van der Waals surface area contributed by atoms with E-state index in [9.17, 15) is 9.90 Å². The number of carbonyl (C=O) groups is 1. The molecule has 0 radical (unpaired) electrons. The second-order valence-electron chi connectivity index (χ2n) is 10.8. The van der Waals surface area contributed by atoms with Gasteiger partial charge >= 0.3 is 5.97 Å². The number of benzene rings is 1. The molecule has 188 valence electrons. The standard InChI is InChI=1S/C27H40N2O4S/c1-6-32-26(31)24-21-17-34(5)22-13-8-7-12-20(22)25(21)29(28-24)19-11-9-10-18(16-19)14-15-23(30)33-27(2,3)4/h7-8,12-13,18-19,21,25-26,31H,5-6,9-11,14-17H2,1-4H3. The van der Waals surface area contributed by atoms with Crippen LogP contribution in [0.4, 0.5) is 0 Å². The lowest BCUT2D eigenvalue weighted by molar-refractivity contribution is -0.155. The Labute approximate surface area is 206 Å². The molecule has 6 nitrogen and oxygen atoms in total. The molecule has 7 heteroatoms. The van der Waals surface area contributed by atoms with Gasteiger partial charge in [-0.1, -0.05) is 36.9 Å². The zero-order valence-corrected chi connectivity index (χ0v) is 21.9. The number of esters is 1. The molecule has 34 heavy (non-hydrogen) atoms. The highest BCUT2D eigenvalue weighted by molar-refractivity contribution is 8.14. The van der Waals surface area contributed by atoms with Crippen LogP contribution in [0.15, 0.2) is 34.3 Å². The van der Waals surface area contributed by atoms with E-state index in [1.807, 2.05) is 27.7 Å². The predicted octanol–water partition coefficient (Wildman–Crippen LogP) is 5.12.